The van der Waals surface area contributed by atoms with Crippen molar-refractivity contribution in [3.63, 3.8) is 0 Å². The first kappa shape index (κ1) is 11.2. The van der Waals surface area contributed by atoms with Gasteiger partial charge in [-0.1, -0.05) is 11.6 Å². The maximum absolute atomic E-state index is 8.57. The van der Waals surface area contributed by atoms with Gasteiger partial charge in [0.1, 0.15) is 0 Å². The van der Waals surface area contributed by atoms with Crippen LogP contribution < -0.4 is 0 Å². The molecule has 0 saturated carbocycles. The maximum atomic E-state index is 8.57. The van der Waals surface area contributed by atoms with Crippen LogP contribution in [0.4, 0.5) is 0 Å². The zero-order valence-corrected chi connectivity index (χ0v) is 8.13. The lowest BCUT2D eigenvalue weighted by atomic mass is 10.1. The summed E-state index contributed by atoms with van der Waals surface area (Å²) < 4.78 is 4.98. The van der Waals surface area contributed by atoms with Crippen molar-refractivity contribution >= 4 is 0 Å². The number of methoxy groups -OCH3 is 1. The van der Waals surface area contributed by atoms with Gasteiger partial charge in [-0.25, -0.2) is 0 Å². The molecule has 0 aliphatic heterocycles. The molecule has 0 aromatic carbocycles. The Kier molecular flexibility index (Phi) is 6.48. The van der Waals surface area contributed by atoms with Crippen molar-refractivity contribution in [3.05, 3.63) is 23.5 Å². The first-order valence-corrected chi connectivity index (χ1v) is 4.18. The zero-order chi connectivity index (χ0) is 9.40. The van der Waals surface area contributed by atoms with Gasteiger partial charge in [0.05, 0.1) is 19.5 Å². The lowest BCUT2D eigenvalue weighted by Gasteiger charge is -1.99. The molecule has 0 aliphatic carbocycles. The largest absolute Gasteiger partial charge is 0.502 e. The van der Waals surface area contributed by atoms with E-state index in [1.807, 2.05) is 19.9 Å². The number of aliphatic hydroxyl groups is 1. The third kappa shape index (κ3) is 5.98. The Morgan fingerprint density at radius 3 is 2.50 bits per heavy atom. The normalized spacial score (nSPS) is 13.3. The highest BCUT2D eigenvalue weighted by atomic mass is 16.5. The molecule has 0 aliphatic rings. The average molecular weight is 170 g/mol. The smallest absolute Gasteiger partial charge is 0.0884 e. The molecule has 0 heterocycles. The first-order valence-electron chi connectivity index (χ1n) is 4.18. The van der Waals surface area contributed by atoms with Gasteiger partial charge in [-0.05, 0) is 32.8 Å². The SMILES string of the molecule is COC(C)=CCCC(C)=CCO. The maximum Gasteiger partial charge on any atom is 0.0884 e. The Labute approximate surface area is 74.6 Å². The van der Waals surface area contributed by atoms with E-state index in [-0.39, 0.29) is 6.61 Å². The average Bonchev–Trinajstić information content (AvgIpc) is 2.04. The number of rotatable bonds is 5. The summed E-state index contributed by atoms with van der Waals surface area (Å²) in [5.41, 5.74) is 1.22. The summed E-state index contributed by atoms with van der Waals surface area (Å²) in [6.45, 7) is 4.09. The summed E-state index contributed by atoms with van der Waals surface area (Å²) >= 11 is 0. The van der Waals surface area contributed by atoms with Crippen molar-refractivity contribution in [2.45, 2.75) is 26.7 Å². The predicted octanol–water partition coefficient (Wildman–Crippen LogP) is 2.26. The van der Waals surface area contributed by atoms with Gasteiger partial charge in [0.15, 0.2) is 0 Å². The Morgan fingerprint density at radius 1 is 1.33 bits per heavy atom. The van der Waals surface area contributed by atoms with Crippen LogP contribution >= 0.6 is 0 Å². The van der Waals surface area contributed by atoms with Gasteiger partial charge in [-0.2, -0.15) is 0 Å². The van der Waals surface area contributed by atoms with E-state index < -0.39 is 0 Å². The molecule has 2 nitrogen and oxygen atoms in total. The van der Waals surface area contributed by atoms with E-state index >= 15 is 0 Å². The van der Waals surface area contributed by atoms with E-state index in [4.69, 9.17) is 9.84 Å². The van der Waals surface area contributed by atoms with Crippen LogP contribution in [0.25, 0.3) is 0 Å². The van der Waals surface area contributed by atoms with Crippen molar-refractivity contribution in [3.8, 4) is 0 Å². The molecular formula is C10H18O2. The molecule has 0 unspecified atom stereocenters. The standard InChI is InChI=1S/C10H18O2/c1-9(7-8-11)5-4-6-10(2)12-3/h6-7,11H,4-5,8H2,1-3H3. The summed E-state index contributed by atoms with van der Waals surface area (Å²) in [6.07, 6.45) is 5.84. The number of hydrogen-bond donors (Lipinski definition) is 1. The number of hydrogen-bond acceptors (Lipinski definition) is 2. The zero-order valence-electron chi connectivity index (χ0n) is 8.13. The van der Waals surface area contributed by atoms with Crippen LogP contribution in [0.15, 0.2) is 23.5 Å². The molecule has 1 N–H and O–H groups in total. The van der Waals surface area contributed by atoms with Crippen molar-refractivity contribution in [1.29, 1.82) is 0 Å². The molecule has 0 fully saturated rings. The van der Waals surface area contributed by atoms with E-state index in [2.05, 4.69) is 6.08 Å². The lowest BCUT2D eigenvalue weighted by molar-refractivity contribution is 0.292. The highest BCUT2D eigenvalue weighted by Crippen LogP contribution is 2.06. The molecule has 0 rings (SSSR count). The Hall–Kier alpha value is -0.760. The van der Waals surface area contributed by atoms with Crippen LogP contribution in [0, 0.1) is 0 Å². The second kappa shape index (κ2) is 6.92. The van der Waals surface area contributed by atoms with Crippen LogP contribution in [0.2, 0.25) is 0 Å². The Balaban J connectivity index is 3.62. The van der Waals surface area contributed by atoms with Gasteiger partial charge in [0.25, 0.3) is 0 Å². The van der Waals surface area contributed by atoms with Crippen LogP contribution in [0.1, 0.15) is 26.7 Å². The van der Waals surface area contributed by atoms with Gasteiger partial charge in [-0.15, -0.1) is 0 Å². The van der Waals surface area contributed by atoms with E-state index in [0.29, 0.717) is 0 Å². The fraction of sp³-hybridized carbons (Fsp3) is 0.600. The number of allylic oxidation sites excluding steroid dienone is 3. The summed E-state index contributed by atoms with van der Waals surface area (Å²) in [5.74, 6) is 0.951. The van der Waals surface area contributed by atoms with Gasteiger partial charge in [0.2, 0.25) is 0 Å². The molecule has 0 radical (unpaired) electrons. The van der Waals surface area contributed by atoms with Crippen LogP contribution in [-0.2, 0) is 4.74 Å². The molecule has 0 atom stereocenters. The number of aliphatic hydroxyl groups excluding tert-OH is 1. The quantitative estimate of drug-likeness (QED) is 0.506. The third-order valence-corrected chi connectivity index (χ3v) is 1.73. The van der Waals surface area contributed by atoms with Crippen molar-refractivity contribution in [2.24, 2.45) is 0 Å². The van der Waals surface area contributed by atoms with Crippen molar-refractivity contribution < 1.29 is 9.84 Å². The minimum atomic E-state index is 0.138. The molecule has 70 valence electrons. The highest BCUT2D eigenvalue weighted by molar-refractivity contribution is 5.00. The highest BCUT2D eigenvalue weighted by Gasteiger charge is 1.88. The molecule has 0 spiro atoms. The van der Waals surface area contributed by atoms with Crippen molar-refractivity contribution in [2.75, 3.05) is 13.7 Å². The van der Waals surface area contributed by atoms with E-state index in [9.17, 15) is 0 Å². The van der Waals surface area contributed by atoms with Crippen LogP contribution in [0.3, 0.4) is 0 Å². The molecule has 12 heavy (non-hydrogen) atoms. The molecule has 0 aromatic rings. The molecule has 0 saturated heterocycles. The summed E-state index contributed by atoms with van der Waals surface area (Å²) in [7, 11) is 1.67. The second-order valence-electron chi connectivity index (χ2n) is 2.79. The summed E-state index contributed by atoms with van der Waals surface area (Å²) in [5, 5.41) is 8.57. The van der Waals surface area contributed by atoms with Crippen molar-refractivity contribution in [1.82, 2.24) is 0 Å². The second-order valence-corrected chi connectivity index (χ2v) is 2.79. The molecule has 0 aromatic heterocycles. The van der Waals surface area contributed by atoms with Gasteiger partial charge >= 0.3 is 0 Å². The first-order chi connectivity index (χ1) is 5.70. The third-order valence-electron chi connectivity index (χ3n) is 1.73. The fourth-order valence-electron chi connectivity index (χ4n) is 0.844. The summed E-state index contributed by atoms with van der Waals surface area (Å²) in [4.78, 5) is 0. The van der Waals surface area contributed by atoms with Gasteiger partial charge < -0.3 is 9.84 Å². The molecule has 0 amide bonds. The Bertz CT molecular complexity index is 169. The molecular weight excluding hydrogens is 152 g/mol. The fourth-order valence-corrected chi connectivity index (χ4v) is 0.844. The van der Waals surface area contributed by atoms with E-state index in [1.54, 1.807) is 7.11 Å². The minimum Gasteiger partial charge on any atom is -0.502 e. The minimum absolute atomic E-state index is 0.138. The Morgan fingerprint density at radius 2 is 2.00 bits per heavy atom. The van der Waals surface area contributed by atoms with Crippen LogP contribution in [0.5, 0.6) is 0 Å². The molecule has 2 heteroatoms. The van der Waals surface area contributed by atoms with E-state index in [0.717, 1.165) is 18.6 Å². The lowest BCUT2D eigenvalue weighted by Crippen LogP contribution is -1.82. The monoisotopic (exact) mass is 170 g/mol. The van der Waals surface area contributed by atoms with E-state index in [1.165, 1.54) is 5.57 Å². The predicted molar refractivity (Wildman–Crippen MR) is 50.8 cm³/mol. The molecule has 0 bridgehead atoms. The van der Waals surface area contributed by atoms with Gasteiger partial charge in [0, 0.05) is 0 Å². The number of ether oxygens (including phenoxy) is 1. The topological polar surface area (TPSA) is 29.5 Å². The summed E-state index contributed by atoms with van der Waals surface area (Å²) in [6, 6.07) is 0. The van der Waals surface area contributed by atoms with Gasteiger partial charge in [-0.3, -0.25) is 0 Å². The van der Waals surface area contributed by atoms with Crippen LogP contribution in [-0.4, -0.2) is 18.8 Å².